The Morgan fingerprint density at radius 2 is 1.76 bits per heavy atom. The van der Waals surface area contributed by atoms with Gasteiger partial charge in [-0.05, 0) is 42.9 Å². The molecule has 3 N–H and O–H groups in total. The summed E-state index contributed by atoms with van der Waals surface area (Å²) in [6.45, 7) is 4.48. The minimum Gasteiger partial charge on any atom is -0.356 e. The lowest BCUT2D eigenvalue weighted by Crippen LogP contribution is -2.52. The van der Waals surface area contributed by atoms with Gasteiger partial charge in [0.2, 0.25) is 23.5 Å². The molecule has 0 spiro atoms. The van der Waals surface area contributed by atoms with Gasteiger partial charge in [-0.25, -0.2) is 4.98 Å². The van der Waals surface area contributed by atoms with Crippen LogP contribution in [0.15, 0.2) is 54.6 Å². The van der Waals surface area contributed by atoms with Crippen LogP contribution in [0.4, 0.5) is 0 Å². The summed E-state index contributed by atoms with van der Waals surface area (Å²) < 4.78 is 0.875. The molecule has 1 aliphatic heterocycles. The smallest absolute Gasteiger partial charge is 0.243 e. The number of ketones is 1. The van der Waals surface area contributed by atoms with Crippen molar-refractivity contribution >= 4 is 45.1 Å². The number of nitrogens with one attached hydrogen (secondary N) is 3. The Morgan fingerprint density at radius 1 is 1.03 bits per heavy atom. The Labute approximate surface area is 220 Å². The van der Waals surface area contributed by atoms with Crippen LogP contribution in [0.25, 0.3) is 10.2 Å². The maximum absolute atomic E-state index is 13.6. The van der Waals surface area contributed by atoms with Crippen molar-refractivity contribution in [1.29, 1.82) is 0 Å². The zero-order chi connectivity index (χ0) is 26.4. The summed E-state index contributed by atoms with van der Waals surface area (Å²) in [6, 6.07) is 15.0. The number of fused-ring (bicyclic) bond motifs is 1. The van der Waals surface area contributed by atoms with Crippen LogP contribution in [0.1, 0.15) is 48.5 Å². The van der Waals surface area contributed by atoms with Gasteiger partial charge in [0.25, 0.3) is 0 Å². The number of benzene rings is 2. The van der Waals surface area contributed by atoms with E-state index in [0.29, 0.717) is 29.9 Å². The molecular weight excluding hydrogens is 488 g/mol. The third-order valence-corrected chi connectivity index (χ3v) is 7.44. The highest BCUT2D eigenvalue weighted by molar-refractivity contribution is 7.20. The van der Waals surface area contributed by atoms with E-state index < -0.39 is 18.0 Å². The standard InChI is InChI=1S/C28H32N4O4S/c1-17(2)14-22(30-24(33)15-18-8-4-3-5-9-18)27(36)31-21(16-19-12-13-29-26(19)35)25(34)28-32-20-10-6-7-11-23(20)37-28/h3-11,17,19,21-22H,12-16H2,1-2H3,(H,29,35)(H,30,33)(H,31,36)/t19-,21-,22-/m0/s1. The van der Waals surface area contributed by atoms with Crippen molar-refractivity contribution in [2.45, 2.75) is 51.6 Å². The van der Waals surface area contributed by atoms with E-state index in [1.165, 1.54) is 11.3 Å². The first-order chi connectivity index (χ1) is 17.8. The van der Waals surface area contributed by atoms with Crippen LogP contribution in [0.2, 0.25) is 0 Å². The lowest BCUT2D eigenvalue weighted by atomic mass is 9.95. The van der Waals surface area contributed by atoms with E-state index in [1.807, 2.05) is 68.4 Å². The Kier molecular flexibility index (Phi) is 8.66. The van der Waals surface area contributed by atoms with Gasteiger partial charge in [0, 0.05) is 12.5 Å². The predicted octanol–water partition coefficient (Wildman–Crippen LogP) is 3.26. The van der Waals surface area contributed by atoms with E-state index in [9.17, 15) is 19.2 Å². The SMILES string of the molecule is CC(C)C[C@H](NC(=O)Cc1ccccc1)C(=O)N[C@@H](C[C@@H]1CCNC1=O)C(=O)c1nc2ccccc2s1. The number of thiazole rings is 1. The molecule has 0 saturated carbocycles. The van der Waals surface area contributed by atoms with Crippen molar-refractivity contribution in [1.82, 2.24) is 20.9 Å². The number of amides is 3. The maximum Gasteiger partial charge on any atom is 0.243 e. The minimum atomic E-state index is -0.928. The van der Waals surface area contributed by atoms with Gasteiger partial charge in [0.1, 0.15) is 6.04 Å². The molecule has 1 aliphatic rings. The summed E-state index contributed by atoms with van der Waals surface area (Å²) in [4.78, 5) is 56.5. The number of nitrogens with zero attached hydrogens (tertiary/aromatic N) is 1. The number of aromatic nitrogens is 1. The molecule has 0 unspecified atom stereocenters. The Hall–Kier alpha value is -3.59. The molecule has 3 atom stereocenters. The third-order valence-electron chi connectivity index (χ3n) is 6.39. The van der Waals surface area contributed by atoms with E-state index in [-0.39, 0.29) is 42.3 Å². The van der Waals surface area contributed by atoms with Crippen LogP contribution in [0.5, 0.6) is 0 Å². The van der Waals surface area contributed by atoms with Crippen molar-refractivity contribution < 1.29 is 19.2 Å². The van der Waals surface area contributed by atoms with Gasteiger partial charge in [-0.2, -0.15) is 0 Å². The molecule has 0 radical (unpaired) electrons. The van der Waals surface area contributed by atoms with Crippen LogP contribution in [-0.2, 0) is 20.8 Å². The average molecular weight is 521 g/mol. The van der Waals surface area contributed by atoms with Crippen LogP contribution in [0, 0.1) is 11.8 Å². The molecule has 1 aromatic heterocycles. The highest BCUT2D eigenvalue weighted by atomic mass is 32.1. The van der Waals surface area contributed by atoms with Crippen molar-refractivity contribution in [2.24, 2.45) is 11.8 Å². The van der Waals surface area contributed by atoms with Gasteiger partial charge in [-0.1, -0.05) is 56.3 Å². The fraction of sp³-hybridized carbons (Fsp3) is 0.393. The molecule has 4 rings (SSSR count). The number of carbonyl (C=O) groups excluding carboxylic acids is 4. The molecule has 1 fully saturated rings. The largest absolute Gasteiger partial charge is 0.356 e. The molecule has 3 aromatic rings. The van der Waals surface area contributed by atoms with Gasteiger partial charge in [-0.15, -0.1) is 11.3 Å². The van der Waals surface area contributed by atoms with Crippen LogP contribution in [0.3, 0.4) is 0 Å². The van der Waals surface area contributed by atoms with E-state index in [4.69, 9.17) is 0 Å². The second-order valence-electron chi connectivity index (χ2n) is 9.84. The van der Waals surface area contributed by atoms with Gasteiger partial charge in [0.05, 0.1) is 22.7 Å². The maximum atomic E-state index is 13.6. The molecule has 0 aliphatic carbocycles. The quantitative estimate of drug-likeness (QED) is 0.336. The summed E-state index contributed by atoms with van der Waals surface area (Å²) in [5, 5.41) is 8.80. The zero-order valence-corrected chi connectivity index (χ0v) is 21.8. The van der Waals surface area contributed by atoms with E-state index in [1.54, 1.807) is 0 Å². The number of rotatable bonds is 11. The highest BCUT2D eigenvalue weighted by Gasteiger charge is 2.34. The summed E-state index contributed by atoms with van der Waals surface area (Å²) in [5.74, 6) is -1.39. The number of Topliss-reactive ketones (excluding diaryl/α,β-unsaturated/α-hetero) is 1. The third kappa shape index (κ3) is 7.01. The minimum absolute atomic E-state index is 0.119. The summed E-state index contributed by atoms with van der Waals surface area (Å²) >= 11 is 1.27. The molecule has 1 saturated heterocycles. The normalized spacial score (nSPS) is 16.8. The predicted molar refractivity (Wildman–Crippen MR) is 143 cm³/mol. The van der Waals surface area contributed by atoms with Gasteiger partial charge in [0.15, 0.2) is 5.01 Å². The molecule has 3 amide bonds. The second kappa shape index (κ2) is 12.1. The lowest BCUT2D eigenvalue weighted by molar-refractivity contribution is -0.129. The molecule has 2 aromatic carbocycles. The zero-order valence-electron chi connectivity index (χ0n) is 21.0. The molecule has 2 heterocycles. The number of carbonyl (C=O) groups is 4. The van der Waals surface area contributed by atoms with Gasteiger partial charge < -0.3 is 16.0 Å². The van der Waals surface area contributed by atoms with Crippen LogP contribution >= 0.6 is 11.3 Å². The average Bonchev–Trinajstić information content (AvgIpc) is 3.49. The first kappa shape index (κ1) is 26.5. The number of hydrogen-bond acceptors (Lipinski definition) is 6. The van der Waals surface area contributed by atoms with Gasteiger partial charge in [-0.3, -0.25) is 19.2 Å². The monoisotopic (exact) mass is 520 g/mol. The summed E-state index contributed by atoms with van der Waals surface area (Å²) in [6.07, 6.45) is 1.34. The fourth-order valence-electron chi connectivity index (χ4n) is 4.51. The molecular formula is C28H32N4O4S. The van der Waals surface area contributed by atoms with E-state index in [0.717, 1.165) is 10.3 Å². The van der Waals surface area contributed by atoms with Crippen molar-refractivity contribution in [3.05, 3.63) is 65.2 Å². The Balaban J connectivity index is 1.52. The van der Waals surface area contributed by atoms with E-state index in [2.05, 4.69) is 20.9 Å². The molecule has 0 bridgehead atoms. The van der Waals surface area contributed by atoms with Crippen molar-refractivity contribution in [3.8, 4) is 0 Å². The molecule has 9 heteroatoms. The number of hydrogen-bond donors (Lipinski definition) is 3. The topological polar surface area (TPSA) is 117 Å². The van der Waals surface area contributed by atoms with E-state index >= 15 is 0 Å². The van der Waals surface area contributed by atoms with Crippen LogP contribution in [-0.4, -0.2) is 47.1 Å². The van der Waals surface area contributed by atoms with Crippen LogP contribution < -0.4 is 16.0 Å². The molecule has 8 nitrogen and oxygen atoms in total. The first-order valence-corrected chi connectivity index (χ1v) is 13.4. The number of para-hydroxylation sites is 1. The molecule has 194 valence electrons. The lowest BCUT2D eigenvalue weighted by Gasteiger charge is -2.24. The fourth-order valence-corrected chi connectivity index (χ4v) is 5.47. The summed E-state index contributed by atoms with van der Waals surface area (Å²) in [5.41, 5.74) is 1.56. The molecule has 37 heavy (non-hydrogen) atoms. The Morgan fingerprint density at radius 3 is 2.43 bits per heavy atom. The van der Waals surface area contributed by atoms with Crippen molar-refractivity contribution in [3.63, 3.8) is 0 Å². The Bertz CT molecular complexity index is 1240. The first-order valence-electron chi connectivity index (χ1n) is 12.6. The van der Waals surface area contributed by atoms with Gasteiger partial charge >= 0.3 is 0 Å². The summed E-state index contributed by atoms with van der Waals surface area (Å²) in [7, 11) is 0. The van der Waals surface area contributed by atoms with Crippen molar-refractivity contribution in [2.75, 3.05) is 6.54 Å². The second-order valence-corrected chi connectivity index (χ2v) is 10.9. The highest BCUT2D eigenvalue weighted by Crippen LogP contribution is 2.25.